The Bertz CT molecular complexity index is 936. The van der Waals surface area contributed by atoms with Crippen molar-refractivity contribution in [3.05, 3.63) is 54.1 Å². The second-order valence-electron chi connectivity index (χ2n) is 7.55. The molecule has 6 nitrogen and oxygen atoms in total. The van der Waals surface area contributed by atoms with Gasteiger partial charge in [-0.3, -0.25) is 9.52 Å². The van der Waals surface area contributed by atoms with Crippen molar-refractivity contribution in [3.63, 3.8) is 0 Å². The highest BCUT2D eigenvalue weighted by Gasteiger charge is 2.21. The molecule has 0 aromatic heterocycles. The van der Waals surface area contributed by atoms with Crippen LogP contribution in [0, 0.1) is 6.92 Å². The van der Waals surface area contributed by atoms with E-state index in [0.717, 1.165) is 31.2 Å². The van der Waals surface area contributed by atoms with Gasteiger partial charge < -0.3 is 10.1 Å². The summed E-state index contributed by atoms with van der Waals surface area (Å²) >= 11 is 0. The number of sulfonamides is 1. The van der Waals surface area contributed by atoms with Crippen LogP contribution >= 0.6 is 0 Å². The van der Waals surface area contributed by atoms with Gasteiger partial charge in [-0.2, -0.15) is 0 Å². The van der Waals surface area contributed by atoms with Crippen LogP contribution in [0.15, 0.2) is 53.4 Å². The molecule has 1 saturated carbocycles. The number of rotatable bonds is 7. The maximum absolute atomic E-state index is 12.6. The summed E-state index contributed by atoms with van der Waals surface area (Å²) in [4.78, 5) is 12.5. The fourth-order valence-corrected chi connectivity index (χ4v) is 4.49. The highest BCUT2D eigenvalue weighted by Crippen LogP contribution is 2.21. The molecule has 2 N–H and O–H groups in total. The molecule has 2 aromatic rings. The number of carbonyl (C=O) groups is 1. The number of ether oxygens (including phenoxy) is 1. The molecule has 156 valence electrons. The Hall–Kier alpha value is -2.54. The van der Waals surface area contributed by atoms with Crippen molar-refractivity contribution in [3.8, 4) is 5.75 Å². The molecule has 2 aromatic carbocycles. The Morgan fingerprint density at radius 2 is 1.76 bits per heavy atom. The number of hydrogen-bond donors (Lipinski definition) is 2. The van der Waals surface area contributed by atoms with Crippen LogP contribution in [0.3, 0.4) is 0 Å². The van der Waals surface area contributed by atoms with Gasteiger partial charge in [0.1, 0.15) is 5.75 Å². The molecule has 0 saturated heterocycles. The zero-order chi connectivity index (χ0) is 20.9. The Balaban J connectivity index is 1.59. The molecule has 1 atom stereocenters. The number of anilines is 1. The van der Waals surface area contributed by atoms with Gasteiger partial charge >= 0.3 is 0 Å². The molecule has 1 aliphatic rings. The summed E-state index contributed by atoms with van der Waals surface area (Å²) in [5, 5.41) is 3.04. The number of amides is 1. The van der Waals surface area contributed by atoms with Gasteiger partial charge in [-0.05, 0) is 68.7 Å². The zero-order valence-corrected chi connectivity index (χ0v) is 17.7. The smallest absolute Gasteiger partial charge is 0.261 e. The van der Waals surface area contributed by atoms with E-state index in [4.69, 9.17) is 4.74 Å². The Kier molecular flexibility index (Phi) is 6.79. The van der Waals surface area contributed by atoms with E-state index in [1.807, 2.05) is 13.0 Å². The van der Waals surface area contributed by atoms with Crippen LogP contribution in [0.5, 0.6) is 5.75 Å². The normalized spacial score (nSPS) is 16.1. The van der Waals surface area contributed by atoms with Gasteiger partial charge in [0.2, 0.25) is 0 Å². The average Bonchev–Trinajstić information content (AvgIpc) is 2.69. The minimum absolute atomic E-state index is 0.130. The van der Waals surface area contributed by atoms with Crippen molar-refractivity contribution >= 4 is 21.6 Å². The first-order chi connectivity index (χ1) is 13.8. The summed E-state index contributed by atoms with van der Waals surface area (Å²) in [6.45, 7) is 3.59. The average molecular weight is 417 g/mol. The molecule has 0 radical (unpaired) electrons. The maximum atomic E-state index is 12.6. The molecule has 29 heavy (non-hydrogen) atoms. The molecule has 1 aliphatic carbocycles. The van der Waals surface area contributed by atoms with Crippen molar-refractivity contribution in [2.45, 2.75) is 63.0 Å². The molecule has 0 spiro atoms. The molecule has 0 bridgehead atoms. The van der Waals surface area contributed by atoms with Crippen LogP contribution in [-0.2, 0) is 14.8 Å². The molecule has 0 unspecified atom stereocenters. The third kappa shape index (κ3) is 5.97. The van der Waals surface area contributed by atoms with Gasteiger partial charge in [0.25, 0.3) is 15.9 Å². The minimum Gasteiger partial charge on any atom is -0.481 e. The summed E-state index contributed by atoms with van der Waals surface area (Å²) < 4.78 is 33.4. The van der Waals surface area contributed by atoms with Gasteiger partial charge in [-0.15, -0.1) is 0 Å². The lowest BCUT2D eigenvalue weighted by Gasteiger charge is -2.24. The van der Waals surface area contributed by atoms with Crippen LogP contribution in [0.4, 0.5) is 5.69 Å². The first-order valence-electron chi connectivity index (χ1n) is 10.00. The maximum Gasteiger partial charge on any atom is 0.261 e. The van der Waals surface area contributed by atoms with Crippen LogP contribution in [0.25, 0.3) is 0 Å². The van der Waals surface area contributed by atoms with Crippen molar-refractivity contribution in [2.24, 2.45) is 0 Å². The van der Waals surface area contributed by atoms with Gasteiger partial charge in [-0.25, -0.2) is 8.42 Å². The van der Waals surface area contributed by atoms with Crippen molar-refractivity contribution in [1.29, 1.82) is 0 Å². The second-order valence-corrected chi connectivity index (χ2v) is 9.23. The summed E-state index contributed by atoms with van der Waals surface area (Å²) in [5.74, 6) is 0.306. The predicted molar refractivity (Wildman–Crippen MR) is 114 cm³/mol. The van der Waals surface area contributed by atoms with Gasteiger partial charge in [0, 0.05) is 11.7 Å². The number of carbonyl (C=O) groups excluding carboxylic acids is 1. The Morgan fingerprint density at radius 1 is 1.07 bits per heavy atom. The fourth-order valence-electron chi connectivity index (χ4n) is 3.44. The first kappa shape index (κ1) is 21.2. The van der Waals surface area contributed by atoms with Crippen LogP contribution in [0.1, 0.15) is 44.6 Å². The lowest BCUT2D eigenvalue weighted by Crippen LogP contribution is -2.43. The molecule has 1 fully saturated rings. The predicted octanol–water partition coefficient (Wildman–Crippen LogP) is 4.01. The third-order valence-electron chi connectivity index (χ3n) is 5.04. The monoisotopic (exact) mass is 416 g/mol. The van der Waals surface area contributed by atoms with E-state index in [0.29, 0.717) is 11.4 Å². The Labute approximate surface area is 172 Å². The second kappa shape index (κ2) is 9.31. The van der Waals surface area contributed by atoms with E-state index < -0.39 is 16.1 Å². The number of nitrogens with one attached hydrogen (secondary N) is 2. The standard InChI is InChI=1S/C22H28N2O4S/c1-16-7-6-10-19(15-16)24-29(26,27)21-13-11-20(12-14-21)28-17(2)22(25)23-18-8-4-3-5-9-18/h6-7,10-15,17-18,24H,3-5,8-9H2,1-2H3,(H,23,25)/t17-/m1/s1. The van der Waals surface area contributed by atoms with Crippen LogP contribution in [-0.4, -0.2) is 26.5 Å². The largest absolute Gasteiger partial charge is 0.481 e. The SMILES string of the molecule is Cc1cccc(NS(=O)(=O)c2ccc(O[C@H](C)C(=O)NC3CCCCC3)cc2)c1. The molecule has 0 heterocycles. The van der Waals surface area contributed by atoms with Crippen molar-refractivity contribution < 1.29 is 17.9 Å². The number of benzene rings is 2. The summed E-state index contributed by atoms with van der Waals surface area (Å²) in [6, 6.07) is 13.5. The molecule has 3 rings (SSSR count). The van der Waals surface area contributed by atoms with Crippen molar-refractivity contribution in [2.75, 3.05) is 4.72 Å². The number of aryl methyl sites for hydroxylation is 1. The molecular weight excluding hydrogens is 388 g/mol. The highest BCUT2D eigenvalue weighted by molar-refractivity contribution is 7.92. The van der Waals surface area contributed by atoms with Gasteiger partial charge in [0.15, 0.2) is 6.10 Å². The van der Waals surface area contributed by atoms with Gasteiger partial charge in [0.05, 0.1) is 4.90 Å². The molecule has 1 amide bonds. The third-order valence-corrected chi connectivity index (χ3v) is 6.44. The lowest BCUT2D eigenvalue weighted by molar-refractivity contribution is -0.128. The highest BCUT2D eigenvalue weighted by atomic mass is 32.2. The summed E-state index contributed by atoms with van der Waals surface area (Å²) in [5.41, 5.74) is 1.48. The molecule has 0 aliphatic heterocycles. The zero-order valence-electron chi connectivity index (χ0n) is 16.9. The van der Waals surface area contributed by atoms with E-state index in [1.165, 1.54) is 18.6 Å². The van der Waals surface area contributed by atoms with Gasteiger partial charge in [-0.1, -0.05) is 31.4 Å². The fraction of sp³-hybridized carbons (Fsp3) is 0.409. The topological polar surface area (TPSA) is 84.5 Å². The minimum atomic E-state index is -3.70. The van der Waals surface area contributed by atoms with E-state index >= 15 is 0 Å². The first-order valence-corrected chi connectivity index (χ1v) is 11.5. The van der Waals surface area contributed by atoms with E-state index in [9.17, 15) is 13.2 Å². The van der Waals surface area contributed by atoms with E-state index in [2.05, 4.69) is 10.0 Å². The Morgan fingerprint density at radius 3 is 2.41 bits per heavy atom. The molecular formula is C22H28N2O4S. The summed E-state index contributed by atoms with van der Waals surface area (Å²) in [6.07, 6.45) is 4.90. The quantitative estimate of drug-likeness (QED) is 0.714. The lowest BCUT2D eigenvalue weighted by atomic mass is 9.95. The van der Waals surface area contributed by atoms with Crippen molar-refractivity contribution in [1.82, 2.24) is 5.32 Å². The number of hydrogen-bond acceptors (Lipinski definition) is 4. The van der Waals surface area contributed by atoms with E-state index in [1.54, 1.807) is 37.3 Å². The van der Waals surface area contributed by atoms with E-state index in [-0.39, 0.29) is 16.8 Å². The summed E-state index contributed by atoms with van der Waals surface area (Å²) in [7, 11) is -3.70. The molecule has 7 heteroatoms. The van der Waals surface area contributed by atoms with Crippen LogP contribution in [0.2, 0.25) is 0 Å². The van der Waals surface area contributed by atoms with Crippen LogP contribution < -0.4 is 14.8 Å².